The Hall–Kier alpha value is -2.99. The van der Waals surface area contributed by atoms with Gasteiger partial charge >= 0.3 is 0 Å². The number of piperidine rings is 1. The Labute approximate surface area is 181 Å². The largest absolute Gasteiger partial charge is 0.504 e. The molecule has 3 aromatic rings. The van der Waals surface area contributed by atoms with Crippen LogP contribution in [0.3, 0.4) is 0 Å². The van der Waals surface area contributed by atoms with Crippen molar-refractivity contribution in [3.8, 4) is 34.3 Å². The van der Waals surface area contributed by atoms with Gasteiger partial charge in [-0.3, -0.25) is 4.90 Å². The van der Waals surface area contributed by atoms with Crippen molar-refractivity contribution in [1.29, 1.82) is 0 Å². The van der Waals surface area contributed by atoms with E-state index in [4.69, 9.17) is 14.2 Å². The van der Waals surface area contributed by atoms with Crippen LogP contribution < -0.4 is 18.8 Å². The van der Waals surface area contributed by atoms with Gasteiger partial charge < -0.3 is 19.3 Å². The van der Waals surface area contributed by atoms with Gasteiger partial charge in [0.25, 0.3) is 0 Å². The maximum Gasteiger partial charge on any atom is 0.231 e. The van der Waals surface area contributed by atoms with Gasteiger partial charge in [0, 0.05) is 24.4 Å². The van der Waals surface area contributed by atoms with Gasteiger partial charge in [-0.25, -0.2) is 0 Å². The van der Waals surface area contributed by atoms with Crippen molar-refractivity contribution in [3.05, 3.63) is 41.6 Å². The predicted molar refractivity (Wildman–Crippen MR) is 117 cm³/mol. The molecule has 3 aliphatic rings. The second kappa shape index (κ2) is 7.31. The molecule has 0 aliphatic carbocycles. The van der Waals surface area contributed by atoms with Crippen molar-refractivity contribution in [2.75, 3.05) is 27.0 Å². The van der Waals surface area contributed by atoms with Crippen LogP contribution in [-0.2, 0) is 19.5 Å². The number of fused-ring (bicyclic) bond motifs is 5. The molecular formula is C25H27N2O4+. The highest BCUT2D eigenvalue weighted by atomic mass is 16.7. The first-order chi connectivity index (χ1) is 15.2. The fourth-order valence-electron chi connectivity index (χ4n) is 5.22. The zero-order chi connectivity index (χ0) is 20.9. The maximum absolute atomic E-state index is 10.9. The van der Waals surface area contributed by atoms with Crippen LogP contribution in [0.25, 0.3) is 22.0 Å². The molecule has 1 fully saturated rings. The molecule has 0 unspecified atom stereocenters. The summed E-state index contributed by atoms with van der Waals surface area (Å²) < 4.78 is 19.0. The van der Waals surface area contributed by atoms with Crippen molar-refractivity contribution in [3.63, 3.8) is 0 Å². The number of phenols is 1. The number of rotatable bonds is 3. The summed E-state index contributed by atoms with van der Waals surface area (Å²) in [5, 5.41) is 12.8. The van der Waals surface area contributed by atoms with Gasteiger partial charge in [-0.1, -0.05) is 6.42 Å². The Morgan fingerprint density at radius 2 is 1.84 bits per heavy atom. The molecule has 31 heavy (non-hydrogen) atoms. The molecule has 6 nitrogen and oxygen atoms in total. The van der Waals surface area contributed by atoms with E-state index in [2.05, 4.69) is 33.9 Å². The second-order valence-electron chi connectivity index (χ2n) is 8.72. The minimum Gasteiger partial charge on any atom is -0.504 e. The van der Waals surface area contributed by atoms with E-state index in [0.717, 1.165) is 60.6 Å². The summed E-state index contributed by atoms with van der Waals surface area (Å²) in [5.74, 6) is 2.39. The molecule has 3 aliphatic heterocycles. The van der Waals surface area contributed by atoms with Crippen molar-refractivity contribution in [2.45, 2.75) is 38.8 Å². The SMILES string of the molecule is COc1cc(CN2CCCCC2)c2cc3[n+](cc2c1O)CCc1cc2c(cc1-3)OCO2. The van der Waals surface area contributed by atoms with Crippen LogP contribution in [-0.4, -0.2) is 37.0 Å². The van der Waals surface area contributed by atoms with Crippen molar-refractivity contribution in [1.82, 2.24) is 4.90 Å². The summed E-state index contributed by atoms with van der Waals surface area (Å²) in [4.78, 5) is 2.51. The highest BCUT2D eigenvalue weighted by molar-refractivity contribution is 5.94. The summed E-state index contributed by atoms with van der Waals surface area (Å²) in [6.45, 7) is 4.25. The number of aromatic nitrogens is 1. The number of aryl methyl sites for hydroxylation is 2. The van der Waals surface area contributed by atoms with E-state index in [1.54, 1.807) is 7.11 Å². The Kier molecular flexibility index (Phi) is 4.42. The van der Waals surface area contributed by atoms with E-state index >= 15 is 0 Å². The summed E-state index contributed by atoms with van der Waals surface area (Å²) in [6.07, 6.45) is 6.81. The van der Waals surface area contributed by atoms with Crippen LogP contribution in [0.15, 0.2) is 30.5 Å². The number of hydrogen-bond donors (Lipinski definition) is 1. The number of likely N-dealkylation sites (tertiary alicyclic amines) is 1. The topological polar surface area (TPSA) is 55.0 Å². The van der Waals surface area contributed by atoms with Crippen LogP contribution in [0.4, 0.5) is 0 Å². The van der Waals surface area contributed by atoms with Crippen LogP contribution >= 0.6 is 0 Å². The van der Waals surface area contributed by atoms with Crippen molar-refractivity contribution < 1.29 is 23.9 Å². The molecule has 1 aromatic heterocycles. The average Bonchev–Trinajstić information content (AvgIpc) is 3.26. The summed E-state index contributed by atoms with van der Waals surface area (Å²) in [7, 11) is 1.62. The Morgan fingerprint density at radius 3 is 2.65 bits per heavy atom. The molecule has 160 valence electrons. The number of aromatic hydroxyl groups is 1. The first-order valence-corrected chi connectivity index (χ1v) is 11.1. The lowest BCUT2D eigenvalue weighted by molar-refractivity contribution is -0.686. The Morgan fingerprint density at radius 1 is 1.03 bits per heavy atom. The van der Waals surface area contributed by atoms with E-state index in [1.807, 2.05) is 6.07 Å². The predicted octanol–water partition coefficient (Wildman–Crippen LogP) is 3.78. The molecule has 2 aromatic carbocycles. The van der Waals surface area contributed by atoms with Crippen LogP contribution in [0.1, 0.15) is 30.4 Å². The lowest BCUT2D eigenvalue weighted by atomic mass is 9.93. The number of benzene rings is 2. The molecule has 6 rings (SSSR count). The van der Waals surface area contributed by atoms with Gasteiger partial charge in [-0.15, -0.1) is 0 Å². The summed E-state index contributed by atoms with van der Waals surface area (Å²) in [6, 6.07) is 8.45. The van der Waals surface area contributed by atoms with Crippen LogP contribution in [0.5, 0.6) is 23.0 Å². The average molecular weight is 420 g/mol. The molecule has 6 heteroatoms. The zero-order valence-electron chi connectivity index (χ0n) is 17.8. The highest BCUT2D eigenvalue weighted by Gasteiger charge is 2.29. The molecule has 0 saturated carbocycles. The van der Waals surface area contributed by atoms with Gasteiger partial charge in [-0.2, -0.15) is 4.57 Å². The quantitative estimate of drug-likeness (QED) is 0.655. The zero-order valence-corrected chi connectivity index (χ0v) is 17.8. The van der Waals surface area contributed by atoms with Crippen molar-refractivity contribution in [2.24, 2.45) is 0 Å². The minimum absolute atomic E-state index is 0.215. The third-order valence-corrected chi connectivity index (χ3v) is 6.86. The Balaban J connectivity index is 1.53. The molecule has 4 heterocycles. The second-order valence-corrected chi connectivity index (χ2v) is 8.72. The van der Waals surface area contributed by atoms with E-state index in [-0.39, 0.29) is 12.5 Å². The van der Waals surface area contributed by atoms with E-state index in [1.165, 1.54) is 36.0 Å². The molecule has 0 bridgehead atoms. The third-order valence-electron chi connectivity index (χ3n) is 6.86. The number of methoxy groups -OCH3 is 1. The normalized spacial score (nSPS) is 17.5. The highest BCUT2D eigenvalue weighted by Crippen LogP contribution is 2.42. The standard InChI is InChI=1S/C25H26N2O4/c1-29-24-10-17(13-26-6-3-2-4-7-26)18-11-21-19-12-23-22(30-15-31-23)9-16(19)5-8-27(21)14-20(18)25(24)28/h9-12,14H,2-8,13,15H2,1H3/p+1. The summed E-state index contributed by atoms with van der Waals surface area (Å²) >= 11 is 0. The molecule has 0 spiro atoms. The number of nitrogens with zero attached hydrogens (tertiary/aromatic N) is 2. The number of pyridine rings is 1. The smallest absolute Gasteiger partial charge is 0.231 e. The maximum atomic E-state index is 10.9. The monoisotopic (exact) mass is 419 g/mol. The lowest BCUT2D eigenvalue weighted by Crippen LogP contribution is -2.40. The van der Waals surface area contributed by atoms with Crippen LogP contribution in [0.2, 0.25) is 0 Å². The number of hydrogen-bond acceptors (Lipinski definition) is 5. The lowest BCUT2D eigenvalue weighted by Gasteiger charge is -2.27. The van der Waals surface area contributed by atoms with Crippen molar-refractivity contribution >= 4 is 10.8 Å². The fraction of sp³-hybridized carbons (Fsp3) is 0.400. The molecule has 1 saturated heterocycles. The van der Waals surface area contributed by atoms with Crippen LogP contribution in [0, 0.1) is 0 Å². The number of ether oxygens (including phenoxy) is 3. The molecular weight excluding hydrogens is 392 g/mol. The summed E-state index contributed by atoms with van der Waals surface area (Å²) in [5.41, 5.74) is 4.80. The fourth-order valence-corrected chi connectivity index (χ4v) is 5.22. The molecule has 0 radical (unpaired) electrons. The molecule has 1 N–H and O–H groups in total. The minimum atomic E-state index is 0.215. The van der Waals surface area contributed by atoms with Gasteiger partial charge in [0.15, 0.2) is 35.7 Å². The van der Waals surface area contributed by atoms with Gasteiger partial charge in [0.05, 0.1) is 18.1 Å². The molecule has 0 atom stereocenters. The number of phenolic OH excluding ortho intramolecular Hbond substituents is 1. The molecule has 0 amide bonds. The van der Waals surface area contributed by atoms with Gasteiger partial charge in [0.2, 0.25) is 12.5 Å². The first kappa shape index (κ1) is 18.8. The van der Waals surface area contributed by atoms with E-state index in [0.29, 0.717) is 5.75 Å². The van der Waals surface area contributed by atoms with E-state index in [9.17, 15) is 5.11 Å². The first-order valence-electron chi connectivity index (χ1n) is 11.1. The third kappa shape index (κ3) is 3.08. The van der Waals surface area contributed by atoms with Gasteiger partial charge in [-0.05, 0) is 55.3 Å². The van der Waals surface area contributed by atoms with Gasteiger partial charge in [0.1, 0.15) is 0 Å². The Bertz CT molecular complexity index is 1180. The van der Waals surface area contributed by atoms with E-state index < -0.39 is 0 Å².